The van der Waals surface area contributed by atoms with Gasteiger partial charge in [0, 0.05) is 20.0 Å². The van der Waals surface area contributed by atoms with Crippen LogP contribution in [0.5, 0.6) is 0 Å². The number of cyclic esters (lactones) is 1. The van der Waals surface area contributed by atoms with Gasteiger partial charge in [-0.2, -0.15) is 0 Å². The number of nitrogens with zero attached hydrogens (tertiary/aromatic N) is 1. The van der Waals surface area contributed by atoms with E-state index >= 15 is 0 Å². The molecule has 2 amide bonds. The van der Waals surface area contributed by atoms with Gasteiger partial charge in [0.25, 0.3) is 0 Å². The molecule has 0 unspecified atom stereocenters. The van der Waals surface area contributed by atoms with Crippen molar-refractivity contribution < 1.29 is 43.3 Å². The largest absolute Gasteiger partial charge is 0.453 e. The van der Waals surface area contributed by atoms with Crippen LogP contribution in [0.25, 0.3) is 0 Å². The number of benzene rings is 2. The minimum absolute atomic E-state index is 0.0152. The fourth-order valence-electron chi connectivity index (χ4n) is 4.34. The molecular formula is C30H33NO9. The molecule has 212 valence electrons. The first kappa shape index (κ1) is 30.4. The van der Waals surface area contributed by atoms with Gasteiger partial charge in [0.2, 0.25) is 5.91 Å². The highest BCUT2D eigenvalue weighted by Crippen LogP contribution is 2.31. The van der Waals surface area contributed by atoms with Gasteiger partial charge in [-0.05, 0) is 36.1 Å². The first-order valence-electron chi connectivity index (χ1n) is 13.0. The molecule has 1 saturated heterocycles. The normalized spacial score (nSPS) is 16.4. The van der Waals surface area contributed by atoms with Crippen LogP contribution in [0.15, 0.2) is 72.8 Å². The maximum absolute atomic E-state index is 14.0. The lowest BCUT2D eigenvalue weighted by Crippen LogP contribution is -2.47. The summed E-state index contributed by atoms with van der Waals surface area (Å²) in [5, 5.41) is 8.74. The van der Waals surface area contributed by atoms with E-state index in [1.165, 1.54) is 0 Å². The zero-order chi connectivity index (χ0) is 28.9. The second-order valence-corrected chi connectivity index (χ2v) is 9.18. The molecule has 2 aromatic rings. The van der Waals surface area contributed by atoms with Crippen LogP contribution in [0.1, 0.15) is 36.9 Å². The van der Waals surface area contributed by atoms with E-state index in [0.29, 0.717) is 17.5 Å². The van der Waals surface area contributed by atoms with Crippen LogP contribution in [-0.2, 0) is 39.8 Å². The van der Waals surface area contributed by atoms with Crippen molar-refractivity contribution in [1.82, 2.24) is 4.90 Å². The average molecular weight is 552 g/mol. The summed E-state index contributed by atoms with van der Waals surface area (Å²) in [4.78, 5) is 65.4. The van der Waals surface area contributed by atoms with E-state index < -0.39 is 41.8 Å². The molecule has 1 fully saturated rings. The Bertz CT molecular complexity index is 1200. The van der Waals surface area contributed by atoms with Crippen LogP contribution in [-0.4, -0.2) is 72.1 Å². The van der Waals surface area contributed by atoms with Crippen molar-refractivity contribution in [1.29, 1.82) is 0 Å². The number of aliphatic hydroxyl groups is 1. The first-order chi connectivity index (χ1) is 19.3. The molecule has 0 radical (unpaired) electrons. The Balaban J connectivity index is 1.88. The van der Waals surface area contributed by atoms with Crippen LogP contribution in [0.3, 0.4) is 0 Å². The molecule has 1 N–H and O–H groups in total. The van der Waals surface area contributed by atoms with Gasteiger partial charge in [-0.1, -0.05) is 60.7 Å². The van der Waals surface area contributed by atoms with Crippen LogP contribution >= 0.6 is 0 Å². The van der Waals surface area contributed by atoms with E-state index in [1.54, 1.807) is 60.7 Å². The quantitative estimate of drug-likeness (QED) is 0.201. The third-order valence-electron chi connectivity index (χ3n) is 6.23. The van der Waals surface area contributed by atoms with Crippen LogP contribution in [0, 0.1) is 5.92 Å². The number of esters is 1. The molecule has 1 aliphatic rings. The van der Waals surface area contributed by atoms with Gasteiger partial charge in [-0.25, -0.2) is 9.69 Å². The number of ether oxygens (including phenoxy) is 3. The Labute approximate surface area is 232 Å². The highest BCUT2D eigenvalue weighted by Gasteiger charge is 2.46. The second-order valence-electron chi connectivity index (χ2n) is 9.18. The molecule has 0 aliphatic carbocycles. The third kappa shape index (κ3) is 8.69. The minimum Gasteiger partial charge on any atom is -0.453 e. The number of carbonyl (C=O) groups excluding carboxylic acids is 5. The molecule has 1 heterocycles. The molecular weight excluding hydrogens is 518 g/mol. The molecule has 1 aliphatic heterocycles. The molecule has 0 bridgehead atoms. The lowest BCUT2D eigenvalue weighted by Gasteiger charge is -2.29. The lowest BCUT2D eigenvalue weighted by molar-refractivity contribution is -0.158. The summed E-state index contributed by atoms with van der Waals surface area (Å²) in [6.07, 6.45) is 0.0831. The highest BCUT2D eigenvalue weighted by molar-refractivity contribution is 6.04. The summed E-state index contributed by atoms with van der Waals surface area (Å²) >= 11 is 0. The fourth-order valence-corrected chi connectivity index (χ4v) is 4.34. The molecule has 3 atom stereocenters. The lowest BCUT2D eigenvalue weighted by atomic mass is 9.89. The van der Waals surface area contributed by atoms with Crippen molar-refractivity contribution in [3.63, 3.8) is 0 Å². The van der Waals surface area contributed by atoms with Crippen LogP contribution in [0.4, 0.5) is 4.79 Å². The molecule has 40 heavy (non-hydrogen) atoms. The second kappa shape index (κ2) is 15.4. The molecule has 10 nitrogen and oxygen atoms in total. The minimum atomic E-state index is -1.59. The van der Waals surface area contributed by atoms with E-state index in [4.69, 9.17) is 19.3 Å². The zero-order valence-electron chi connectivity index (χ0n) is 22.3. The van der Waals surface area contributed by atoms with E-state index in [2.05, 4.69) is 0 Å². The van der Waals surface area contributed by atoms with Crippen molar-refractivity contribution in [3.8, 4) is 0 Å². The Morgan fingerprint density at radius 2 is 1.70 bits per heavy atom. The number of amides is 2. The van der Waals surface area contributed by atoms with Gasteiger partial charge in [0.1, 0.15) is 12.6 Å². The number of carbonyl (C=O) groups is 5. The van der Waals surface area contributed by atoms with Crippen LogP contribution < -0.4 is 0 Å². The van der Waals surface area contributed by atoms with Crippen molar-refractivity contribution in [2.75, 3.05) is 26.4 Å². The molecule has 0 spiro atoms. The van der Waals surface area contributed by atoms with Crippen molar-refractivity contribution in [3.05, 3.63) is 83.9 Å². The van der Waals surface area contributed by atoms with Gasteiger partial charge < -0.3 is 19.3 Å². The molecule has 0 saturated carbocycles. The fraction of sp³-hybridized carbons (Fsp3) is 0.367. The Morgan fingerprint density at radius 1 is 1.02 bits per heavy atom. The summed E-state index contributed by atoms with van der Waals surface area (Å²) in [5.41, 5.74) is 1.35. The average Bonchev–Trinajstić information content (AvgIpc) is 3.35. The number of hydrogen-bond acceptors (Lipinski definition) is 9. The molecule has 10 heteroatoms. The molecule has 0 aromatic heterocycles. The number of hydrogen-bond donors (Lipinski definition) is 1. The Kier molecular flexibility index (Phi) is 11.7. The SMILES string of the molecule is CC(=O)O[C@@H](C(=O)C=CC(=O)CCCOCCO)[C@@H](Cc1ccccc1)C(=O)N1C(=O)OC[C@H]1c1ccccc1. The van der Waals surface area contributed by atoms with Crippen molar-refractivity contribution >= 4 is 29.5 Å². The topological polar surface area (TPSA) is 137 Å². The predicted octanol–water partition coefficient (Wildman–Crippen LogP) is 2.98. The monoisotopic (exact) mass is 551 g/mol. The van der Waals surface area contributed by atoms with Gasteiger partial charge in [-0.3, -0.25) is 19.2 Å². The Hall–Kier alpha value is -4.15. The third-order valence-corrected chi connectivity index (χ3v) is 6.23. The van der Waals surface area contributed by atoms with Crippen molar-refractivity contribution in [2.45, 2.75) is 38.3 Å². The van der Waals surface area contributed by atoms with E-state index in [1.807, 2.05) is 0 Å². The summed E-state index contributed by atoms with van der Waals surface area (Å²) in [5.74, 6) is -3.93. The molecule has 3 rings (SSSR count). The van der Waals surface area contributed by atoms with E-state index in [0.717, 1.165) is 24.0 Å². The van der Waals surface area contributed by atoms with E-state index in [9.17, 15) is 24.0 Å². The maximum Gasteiger partial charge on any atom is 0.417 e. The number of ketones is 2. The number of imide groups is 1. The van der Waals surface area contributed by atoms with E-state index in [-0.39, 0.29) is 45.1 Å². The highest BCUT2D eigenvalue weighted by atomic mass is 16.6. The summed E-state index contributed by atoms with van der Waals surface area (Å²) in [6, 6.07) is 17.0. The van der Waals surface area contributed by atoms with Gasteiger partial charge in [0.15, 0.2) is 17.7 Å². The van der Waals surface area contributed by atoms with Gasteiger partial charge >= 0.3 is 12.1 Å². The summed E-state index contributed by atoms with van der Waals surface area (Å²) < 4.78 is 15.7. The maximum atomic E-state index is 14.0. The van der Waals surface area contributed by atoms with Gasteiger partial charge in [0.05, 0.1) is 19.1 Å². The van der Waals surface area contributed by atoms with Crippen molar-refractivity contribution in [2.24, 2.45) is 5.92 Å². The zero-order valence-corrected chi connectivity index (χ0v) is 22.3. The number of rotatable bonds is 15. The standard InChI is InChI=1S/C30H33NO9/c1-21(33)40-28(27(35)15-14-24(34)13-8-17-38-18-16-32)25(19-22-9-4-2-5-10-22)29(36)31-26(20-39-30(31)37)23-11-6-3-7-12-23/h2-7,9-12,14-15,25-26,28,32H,8,13,16-20H2,1H3/t25-,26+,28-/m1/s1. The van der Waals surface area contributed by atoms with Crippen LogP contribution in [0.2, 0.25) is 0 Å². The smallest absolute Gasteiger partial charge is 0.417 e. The number of allylic oxidation sites excluding steroid dienone is 1. The summed E-state index contributed by atoms with van der Waals surface area (Å²) in [6.45, 7) is 1.37. The van der Waals surface area contributed by atoms with Gasteiger partial charge in [-0.15, -0.1) is 0 Å². The first-order valence-corrected chi connectivity index (χ1v) is 13.0. The molecule has 2 aromatic carbocycles. The summed E-state index contributed by atoms with van der Waals surface area (Å²) in [7, 11) is 0. The predicted molar refractivity (Wildman–Crippen MR) is 143 cm³/mol. The Morgan fingerprint density at radius 3 is 2.35 bits per heavy atom. The number of aliphatic hydroxyl groups excluding tert-OH is 1.